The highest BCUT2D eigenvalue weighted by Crippen LogP contribution is 2.56. The van der Waals surface area contributed by atoms with Crippen LogP contribution >= 0.6 is 0 Å². The van der Waals surface area contributed by atoms with E-state index in [0.29, 0.717) is 36.7 Å². The molecule has 0 unspecified atom stereocenters. The summed E-state index contributed by atoms with van der Waals surface area (Å²) < 4.78 is 23.1. The molecule has 2 aliphatic heterocycles. The maximum Gasteiger partial charge on any atom is 0.320 e. The minimum atomic E-state index is -1.17. The molecule has 2 fully saturated rings. The predicted octanol–water partition coefficient (Wildman–Crippen LogP) is 5.50. The van der Waals surface area contributed by atoms with Crippen molar-refractivity contribution in [3.8, 4) is 11.5 Å². The molecule has 1 saturated heterocycles. The molecule has 254 valence electrons. The Labute approximate surface area is 279 Å². The molecular weight excluding hydrogens is 596 g/mol. The first-order chi connectivity index (χ1) is 22.7. The van der Waals surface area contributed by atoms with Gasteiger partial charge in [0.25, 0.3) is 0 Å². The van der Waals surface area contributed by atoms with Gasteiger partial charge >= 0.3 is 5.97 Å². The average Bonchev–Trinajstić information content (AvgIpc) is 3.93. The van der Waals surface area contributed by atoms with Gasteiger partial charge in [0.2, 0.25) is 11.8 Å². The van der Waals surface area contributed by atoms with Crippen LogP contribution in [0.5, 0.6) is 11.5 Å². The van der Waals surface area contributed by atoms with Crippen molar-refractivity contribution in [1.82, 2.24) is 10.2 Å². The third kappa shape index (κ3) is 7.67. The highest BCUT2D eigenvalue weighted by atomic mass is 16.5. The summed E-state index contributed by atoms with van der Waals surface area (Å²) in [5.74, 6) is 0.145. The van der Waals surface area contributed by atoms with E-state index in [1.807, 2.05) is 42.5 Å². The molecule has 2 heterocycles. The Kier molecular flexibility index (Phi) is 11.3. The van der Waals surface area contributed by atoms with E-state index in [9.17, 15) is 14.4 Å². The van der Waals surface area contributed by atoms with E-state index >= 15 is 0 Å². The second-order valence-corrected chi connectivity index (χ2v) is 13.4. The van der Waals surface area contributed by atoms with Crippen LogP contribution in [0.2, 0.25) is 0 Å². The molecule has 9 heteroatoms. The zero-order chi connectivity index (χ0) is 33.6. The number of nitrogens with one attached hydrogen (secondary N) is 1. The molecule has 0 aromatic heterocycles. The zero-order valence-corrected chi connectivity index (χ0v) is 28.5. The van der Waals surface area contributed by atoms with Crippen LogP contribution in [0.25, 0.3) is 0 Å². The molecule has 2 amide bonds. The molecule has 0 radical (unpaired) electrons. The molecule has 2 aromatic rings. The lowest BCUT2D eigenvalue weighted by Gasteiger charge is -2.53. The van der Waals surface area contributed by atoms with Crippen LogP contribution in [-0.2, 0) is 36.7 Å². The molecule has 47 heavy (non-hydrogen) atoms. The van der Waals surface area contributed by atoms with Gasteiger partial charge in [-0.2, -0.15) is 0 Å². The number of likely N-dealkylation sites (tertiary alicyclic amines) is 1. The summed E-state index contributed by atoms with van der Waals surface area (Å²) in [7, 11) is 4.58. The van der Waals surface area contributed by atoms with Crippen molar-refractivity contribution >= 4 is 17.8 Å². The zero-order valence-electron chi connectivity index (χ0n) is 28.5. The van der Waals surface area contributed by atoms with Crippen LogP contribution in [0.15, 0.2) is 60.3 Å². The second kappa shape index (κ2) is 15.4. The summed E-state index contributed by atoms with van der Waals surface area (Å²) in [6.07, 6.45) is 6.64. The van der Waals surface area contributed by atoms with Gasteiger partial charge in [-0.1, -0.05) is 50.2 Å². The van der Waals surface area contributed by atoms with Crippen LogP contribution in [0, 0.1) is 23.2 Å². The Morgan fingerprint density at radius 2 is 1.72 bits per heavy atom. The van der Waals surface area contributed by atoms with Crippen LogP contribution in [0.1, 0.15) is 63.5 Å². The number of carbonyl (C=O) groups excluding carboxylic acids is 3. The van der Waals surface area contributed by atoms with E-state index in [-0.39, 0.29) is 42.6 Å². The highest BCUT2D eigenvalue weighted by molar-refractivity contribution is 5.93. The number of carbonyl (C=O) groups is 3. The Balaban J connectivity index is 1.39. The smallest absolute Gasteiger partial charge is 0.320 e. The minimum absolute atomic E-state index is 0.00139. The lowest BCUT2D eigenvalue weighted by molar-refractivity contribution is -0.182. The molecule has 1 aliphatic carbocycles. The Morgan fingerprint density at radius 1 is 0.979 bits per heavy atom. The maximum atomic E-state index is 14.4. The van der Waals surface area contributed by atoms with Crippen LogP contribution in [0.3, 0.4) is 0 Å². The van der Waals surface area contributed by atoms with E-state index in [2.05, 4.69) is 31.3 Å². The topological polar surface area (TPSA) is 103 Å². The first kappa shape index (κ1) is 34.5. The van der Waals surface area contributed by atoms with Crippen molar-refractivity contribution in [2.75, 3.05) is 34.4 Å². The fourth-order valence-electron chi connectivity index (χ4n) is 7.18. The Bertz CT molecular complexity index is 1440. The highest BCUT2D eigenvalue weighted by Gasteiger charge is 2.63. The summed E-state index contributed by atoms with van der Waals surface area (Å²) in [6.45, 7) is 5.04. The van der Waals surface area contributed by atoms with E-state index in [4.69, 9.17) is 18.9 Å². The lowest BCUT2D eigenvalue weighted by Crippen LogP contribution is -2.62. The molecule has 3 aliphatic rings. The fourth-order valence-corrected chi connectivity index (χ4v) is 7.18. The van der Waals surface area contributed by atoms with Crippen LogP contribution in [0.4, 0.5) is 0 Å². The first-order valence-corrected chi connectivity index (χ1v) is 17.0. The lowest BCUT2D eigenvalue weighted by atomic mass is 9.64. The van der Waals surface area contributed by atoms with Crippen molar-refractivity contribution in [2.45, 2.75) is 77.4 Å². The normalized spacial score (nSPS) is 24.0. The van der Waals surface area contributed by atoms with E-state index in [0.717, 1.165) is 37.7 Å². The summed E-state index contributed by atoms with van der Waals surface area (Å²) in [6, 6.07) is 16.0. The summed E-state index contributed by atoms with van der Waals surface area (Å²) >= 11 is 0. The minimum Gasteiger partial charge on any atom is -0.493 e. The molecule has 0 spiro atoms. The van der Waals surface area contributed by atoms with Crippen molar-refractivity contribution in [3.63, 3.8) is 0 Å². The van der Waals surface area contributed by atoms with Gasteiger partial charge in [-0.3, -0.25) is 14.4 Å². The van der Waals surface area contributed by atoms with Gasteiger partial charge in [0.1, 0.15) is 5.41 Å². The van der Waals surface area contributed by atoms with E-state index < -0.39 is 23.4 Å². The number of fused-ring (bicyclic) bond motifs is 1. The summed E-state index contributed by atoms with van der Waals surface area (Å²) in [5, 5.41) is 3.03. The number of piperidine rings is 1. The average molecular weight is 647 g/mol. The number of hydrogen-bond acceptors (Lipinski definition) is 7. The van der Waals surface area contributed by atoms with Crippen molar-refractivity contribution < 1.29 is 33.3 Å². The molecule has 2 aromatic carbocycles. The molecule has 1 N–H and O–H groups in total. The maximum absolute atomic E-state index is 14.4. The monoisotopic (exact) mass is 646 g/mol. The SMILES string of the molecule is COC(=O)[C@]12C[C@H](CC(=O)NCCCCc3ccccc3)C(=O)N(CCc3ccc(OC)c(OC)c3)C1=C[C@H](C(C)C)O[C@@H]2C1CC1. The molecule has 5 rings (SSSR count). The van der Waals surface area contributed by atoms with Gasteiger partial charge in [0, 0.05) is 31.1 Å². The molecule has 0 bridgehead atoms. The number of esters is 1. The summed E-state index contributed by atoms with van der Waals surface area (Å²) in [5.41, 5.74) is 1.72. The van der Waals surface area contributed by atoms with Crippen molar-refractivity contribution in [2.24, 2.45) is 23.2 Å². The van der Waals surface area contributed by atoms with E-state index in [1.165, 1.54) is 12.7 Å². The number of amides is 2. The van der Waals surface area contributed by atoms with Gasteiger partial charge in [0.05, 0.1) is 33.5 Å². The van der Waals surface area contributed by atoms with Gasteiger partial charge in [-0.25, -0.2) is 0 Å². The van der Waals surface area contributed by atoms with Crippen molar-refractivity contribution in [1.29, 1.82) is 0 Å². The first-order valence-electron chi connectivity index (χ1n) is 17.0. The number of rotatable bonds is 15. The Morgan fingerprint density at radius 3 is 2.38 bits per heavy atom. The van der Waals surface area contributed by atoms with Crippen LogP contribution in [-0.4, -0.2) is 69.3 Å². The molecule has 1 saturated carbocycles. The summed E-state index contributed by atoms with van der Waals surface area (Å²) in [4.78, 5) is 43.4. The van der Waals surface area contributed by atoms with Gasteiger partial charge < -0.3 is 29.2 Å². The number of methoxy groups -OCH3 is 3. The predicted molar refractivity (Wildman–Crippen MR) is 179 cm³/mol. The molecule has 4 atom stereocenters. The van der Waals surface area contributed by atoms with Gasteiger partial charge in [0.15, 0.2) is 11.5 Å². The fraction of sp³-hybridized carbons (Fsp3) is 0.553. The Hall–Kier alpha value is -3.85. The number of ether oxygens (including phenoxy) is 4. The molecular formula is C38H50N2O7. The second-order valence-electron chi connectivity index (χ2n) is 13.4. The third-order valence-corrected chi connectivity index (χ3v) is 9.86. The number of aryl methyl sites for hydroxylation is 1. The van der Waals surface area contributed by atoms with Gasteiger partial charge in [-0.05, 0) is 86.1 Å². The molecule has 9 nitrogen and oxygen atoms in total. The standard InChI is InChI=1S/C38H50N2O7/c1-25(2)31-23-33-38(37(43)46-5,35(47-31)28-15-16-28)24-29(22-34(41)39-19-10-9-13-26-11-7-6-8-12-26)36(42)40(33)20-18-27-14-17-30(44-3)32(21-27)45-4/h6-8,11-12,14,17,21,23,25,28-29,31,35H,9-10,13,15-16,18-20,22,24H2,1-5H3,(H,39,41)/t29-,31+,35+,38+/m0/s1. The quantitative estimate of drug-likeness (QED) is 0.201. The number of hydrogen-bond donors (Lipinski definition) is 1. The number of unbranched alkanes of at least 4 members (excludes halogenated alkanes) is 1. The number of benzene rings is 2. The van der Waals surface area contributed by atoms with Crippen molar-refractivity contribution in [3.05, 3.63) is 71.4 Å². The van der Waals surface area contributed by atoms with Gasteiger partial charge in [-0.15, -0.1) is 0 Å². The third-order valence-electron chi connectivity index (χ3n) is 9.86. The largest absolute Gasteiger partial charge is 0.493 e. The number of nitrogens with zero attached hydrogens (tertiary/aromatic N) is 1. The van der Waals surface area contributed by atoms with Crippen LogP contribution < -0.4 is 14.8 Å². The van der Waals surface area contributed by atoms with E-state index in [1.54, 1.807) is 19.1 Å².